The highest BCUT2D eigenvalue weighted by Gasteiger charge is 2.32. The summed E-state index contributed by atoms with van der Waals surface area (Å²) in [6, 6.07) is 4.27. The molecule has 0 fully saturated rings. The van der Waals surface area contributed by atoms with Crippen molar-refractivity contribution in [2.75, 3.05) is 6.54 Å². The fourth-order valence-corrected chi connectivity index (χ4v) is 2.09. The van der Waals surface area contributed by atoms with Crippen LogP contribution < -0.4 is 0 Å². The lowest BCUT2D eigenvalue weighted by Gasteiger charge is -2.38. The fraction of sp³-hybridized carbons (Fsp3) is 0.556. The molecule has 0 radical (unpaired) electrons. The van der Waals surface area contributed by atoms with E-state index < -0.39 is 23.3 Å². The van der Waals surface area contributed by atoms with E-state index in [1.807, 2.05) is 20.8 Å². The van der Waals surface area contributed by atoms with E-state index in [4.69, 9.17) is 4.74 Å². The number of hydrogen-bond donors (Lipinski definition) is 2. The van der Waals surface area contributed by atoms with Crippen molar-refractivity contribution in [3.05, 3.63) is 29.3 Å². The van der Waals surface area contributed by atoms with E-state index in [2.05, 4.69) is 0 Å². The molecular weight excluding hydrogens is 310 g/mol. The molecule has 0 saturated heterocycles. The highest BCUT2D eigenvalue weighted by Crippen LogP contribution is 2.25. The number of aliphatic hydroxyl groups excluding tert-OH is 1. The van der Waals surface area contributed by atoms with Gasteiger partial charge in [0.2, 0.25) is 0 Å². The highest BCUT2D eigenvalue weighted by atomic mass is 16.6. The summed E-state index contributed by atoms with van der Waals surface area (Å²) < 4.78 is 5.41. The Hall–Kier alpha value is -2.08. The van der Waals surface area contributed by atoms with Gasteiger partial charge in [0.1, 0.15) is 11.4 Å². The van der Waals surface area contributed by atoms with Crippen LogP contribution in [-0.2, 0) is 4.74 Å². The van der Waals surface area contributed by atoms with E-state index in [-0.39, 0.29) is 17.9 Å². The topological polar surface area (TPSA) is 87.1 Å². The molecule has 0 bridgehead atoms. The molecule has 6 nitrogen and oxygen atoms in total. The van der Waals surface area contributed by atoms with Crippen LogP contribution >= 0.6 is 0 Å². The van der Waals surface area contributed by atoms with Crippen molar-refractivity contribution in [3.63, 3.8) is 0 Å². The van der Waals surface area contributed by atoms with Gasteiger partial charge in [-0.1, -0.05) is 6.07 Å². The first-order chi connectivity index (χ1) is 10.8. The Balaban J connectivity index is 3.02. The van der Waals surface area contributed by atoms with Crippen LogP contribution in [0.5, 0.6) is 5.75 Å². The van der Waals surface area contributed by atoms with Gasteiger partial charge < -0.3 is 19.8 Å². The zero-order chi connectivity index (χ0) is 18.7. The number of carbonyl (C=O) groups excluding carboxylic acids is 2. The average Bonchev–Trinajstić information content (AvgIpc) is 2.41. The number of β-amino-alcohol motifs (C(OH)–C–C–N with tert-alkyl or cyclic N) is 1. The number of aliphatic hydroxyl groups is 1. The van der Waals surface area contributed by atoms with Crippen molar-refractivity contribution < 1.29 is 24.5 Å². The Morgan fingerprint density at radius 3 is 2.29 bits per heavy atom. The van der Waals surface area contributed by atoms with Gasteiger partial charge in [-0.25, -0.2) is 4.79 Å². The van der Waals surface area contributed by atoms with Gasteiger partial charge in [0.25, 0.3) is 0 Å². The van der Waals surface area contributed by atoms with Gasteiger partial charge in [0, 0.05) is 5.54 Å². The molecule has 0 heterocycles. The minimum atomic E-state index is -1.02. The number of ether oxygens (including phenoxy) is 1. The zero-order valence-corrected chi connectivity index (χ0v) is 15.2. The third-order valence-corrected chi connectivity index (χ3v) is 3.34. The molecular formula is C18H27NO5. The van der Waals surface area contributed by atoms with Gasteiger partial charge in [-0.3, -0.25) is 4.79 Å². The SMILES string of the molecule is CC(C)(C)OC(=O)N(CC(O)c1ccc(O)c(C=O)c1)C(C)(C)C. The second-order valence-corrected chi connectivity index (χ2v) is 7.71. The lowest BCUT2D eigenvalue weighted by molar-refractivity contribution is -0.00784. The van der Waals surface area contributed by atoms with E-state index in [1.165, 1.54) is 23.1 Å². The summed E-state index contributed by atoms with van der Waals surface area (Å²) in [6.45, 7) is 10.9. The number of phenolic OH excluding ortho intramolecular Hbond substituents is 1. The number of hydrogen-bond acceptors (Lipinski definition) is 5. The van der Waals surface area contributed by atoms with Gasteiger partial charge in [-0.2, -0.15) is 0 Å². The number of rotatable bonds is 4. The summed E-state index contributed by atoms with van der Waals surface area (Å²) in [7, 11) is 0. The summed E-state index contributed by atoms with van der Waals surface area (Å²) in [4.78, 5) is 24.8. The minimum Gasteiger partial charge on any atom is -0.507 e. The summed E-state index contributed by atoms with van der Waals surface area (Å²) in [5, 5.41) is 20.0. The maximum Gasteiger partial charge on any atom is 0.410 e. The van der Waals surface area contributed by atoms with Crippen LogP contribution in [0.25, 0.3) is 0 Å². The quantitative estimate of drug-likeness (QED) is 0.823. The molecule has 0 aliphatic carbocycles. The van der Waals surface area contributed by atoms with Gasteiger partial charge >= 0.3 is 6.09 Å². The predicted octanol–water partition coefficient (Wildman–Crippen LogP) is 3.27. The first-order valence-electron chi connectivity index (χ1n) is 7.82. The molecule has 1 aromatic rings. The Kier molecular flexibility index (Phi) is 6.00. The third kappa shape index (κ3) is 5.53. The summed E-state index contributed by atoms with van der Waals surface area (Å²) in [6.07, 6.45) is -1.03. The van der Waals surface area contributed by atoms with Crippen LogP contribution in [0.4, 0.5) is 4.79 Å². The molecule has 6 heteroatoms. The summed E-state index contributed by atoms with van der Waals surface area (Å²) >= 11 is 0. The molecule has 24 heavy (non-hydrogen) atoms. The van der Waals surface area contributed by atoms with E-state index in [0.29, 0.717) is 11.8 Å². The maximum absolute atomic E-state index is 12.4. The van der Waals surface area contributed by atoms with Gasteiger partial charge in [-0.05, 0) is 59.2 Å². The van der Waals surface area contributed by atoms with Crippen LogP contribution in [0.2, 0.25) is 0 Å². The first kappa shape index (κ1) is 20.0. The molecule has 1 aromatic carbocycles. The van der Waals surface area contributed by atoms with E-state index >= 15 is 0 Å². The molecule has 134 valence electrons. The lowest BCUT2D eigenvalue weighted by atomic mass is 10.0. The van der Waals surface area contributed by atoms with Crippen molar-refractivity contribution >= 4 is 12.4 Å². The van der Waals surface area contributed by atoms with E-state index in [0.717, 1.165) is 0 Å². The maximum atomic E-state index is 12.4. The normalized spacial score (nSPS) is 13.3. The van der Waals surface area contributed by atoms with Crippen molar-refractivity contribution in [1.29, 1.82) is 0 Å². The molecule has 0 spiro atoms. The van der Waals surface area contributed by atoms with Crippen molar-refractivity contribution in [2.45, 2.75) is 58.8 Å². The van der Waals surface area contributed by atoms with E-state index in [9.17, 15) is 19.8 Å². The predicted molar refractivity (Wildman–Crippen MR) is 91.1 cm³/mol. The lowest BCUT2D eigenvalue weighted by Crippen LogP contribution is -2.49. The highest BCUT2D eigenvalue weighted by molar-refractivity contribution is 5.79. The average molecular weight is 337 g/mol. The molecule has 1 amide bonds. The van der Waals surface area contributed by atoms with Crippen LogP contribution in [0.3, 0.4) is 0 Å². The first-order valence-corrected chi connectivity index (χ1v) is 7.82. The number of aldehydes is 1. The van der Waals surface area contributed by atoms with Crippen molar-refractivity contribution in [1.82, 2.24) is 4.90 Å². The summed E-state index contributed by atoms with van der Waals surface area (Å²) in [5.74, 6) is -0.152. The number of carbonyl (C=O) groups is 2. The Morgan fingerprint density at radius 1 is 1.25 bits per heavy atom. The fourth-order valence-electron chi connectivity index (χ4n) is 2.09. The van der Waals surface area contributed by atoms with Gasteiger partial charge in [0.05, 0.1) is 18.2 Å². The molecule has 1 atom stereocenters. The number of aromatic hydroxyl groups is 1. The molecule has 2 N–H and O–H groups in total. The number of benzene rings is 1. The van der Waals surface area contributed by atoms with Crippen LogP contribution in [0, 0.1) is 0 Å². The van der Waals surface area contributed by atoms with Crippen LogP contribution in [-0.4, -0.2) is 45.2 Å². The van der Waals surface area contributed by atoms with Crippen LogP contribution in [0.15, 0.2) is 18.2 Å². The standard InChI is InChI=1S/C18H27NO5/c1-17(2,3)19(16(23)24-18(4,5)6)10-15(22)12-7-8-14(21)13(9-12)11-20/h7-9,11,15,21-22H,10H2,1-6H3. The third-order valence-electron chi connectivity index (χ3n) is 3.34. The molecule has 0 aromatic heterocycles. The minimum absolute atomic E-state index is 0.00147. The van der Waals surface area contributed by atoms with Crippen LogP contribution in [0.1, 0.15) is 63.6 Å². The second kappa shape index (κ2) is 7.21. The summed E-state index contributed by atoms with van der Waals surface area (Å²) in [5.41, 5.74) is -0.679. The molecule has 1 unspecified atom stereocenters. The zero-order valence-electron chi connectivity index (χ0n) is 15.2. The Morgan fingerprint density at radius 2 is 1.83 bits per heavy atom. The smallest absolute Gasteiger partial charge is 0.410 e. The molecule has 0 saturated carbocycles. The van der Waals surface area contributed by atoms with Gasteiger partial charge in [-0.15, -0.1) is 0 Å². The largest absolute Gasteiger partial charge is 0.507 e. The number of phenols is 1. The molecule has 1 rings (SSSR count). The van der Waals surface area contributed by atoms with Crippen molar-refractivity contribution in [2.24, 2.45) is 0 Å². The van der Waals surface area contributed by atoms with Gasteiger partial charge in [0.15, 0.2) is 6.29 Å². The Bertz CT molecular complexity index is 598. The Labute approximate surface area is 143 Å². The number of nitrogens with zero attached hydrogens (tertiary/aromatic N) is 1. The monoisotopic (exact) mass is 337 g/mol. The molecule has 0 aliphatic heterocycles. The number of amides is 1. The second-order valence-electron chi connectivity index (χ2n) is 7.71. The van der Waals surface area contributed by atoms with Crippen molar-refractivity contribution in [3.8, 4) is 5.75 Å². The molecule has 0 aliphatic rings. The van der Waals surface area contributed by atoms with E-state index in [1.54, 1.807) is 20.8 Å².